The van der Waals surface area contributed by atoms with Gasteiger partial charge in [-0.2, -0.15) is 0 Å². The van der Waals surface area contributed by atoms with E-state index in [9.17, 15) is 28.8 Å². The molecule has 0 heterocycles. The smallest absolute Gasteiger partial charge is 0.476 e. The zero-order valence-electron chi connectivity index (χ0n) is 49.9. The average Bonchev–Trinajstić information content (AvgIpc) is 3.47. The van der Waals surface area contributed by atoms with Gasteiger partial charge in [0.1, 0.15) is 23.7 Å². The summed E-state index contributed by atoms with van der Waals surface area (Å²) < 4.78 is 55.1. The van der Waals surface area contributed by atoms with Crippen molar-refractivity contribution in [1.29, 1.82) is 0 Å². The predicted octanol–water partition coefficient (Wildman–Crippen LogP) is 11.9. The van der Waals surface area contributed by atoms with E-state index in [1.165, 1.54) is 21.3 Å². The first-order valence-corrected chi connectivity index (χ1v) is 27.3. The first-order chi connectivity index (χ1) is 39.0. The van der Waals surface area contributed by atoms with E-state index in [2.05, 4.69) is 16.0 Å². The monoisotopic (exact) mass is 1190 g/mol. The lowest BCUT2D eigenvalue weighted by Crippen LogP contribution is -2.44. The Morgan fingerprint density at radius 3 is 1.36 bits per heavy atom. The summed E-state index contributed by atoms with van der Waals surface area (Å²) in [7, 11) is 3.08. The molecule has 2 fully saturated rings. The van der Waals surface area contributed by atoms with Crippen molar-refractivity contribution in [3.05, 3.63) is 129 Å². The van der Waals surface area contributed by atoms with Gasteiger partial charge in [-0.3, -0.25) is 9.59 Å². The Hall–Kier alpha value is -6.31. The van der Waals surface area contributed by atoms with Crippen molar-refractivity contribution in [3.8, 4) is 11.5 Å². The highest BCUT2D eigenvalue weighted by atomic mass is 35.5. The topological polar surface area (TPSA) is 238 Å². The number of halogens is 3. The minimum atomic E-state index is -1.35. The third-order valence-electron chi connectivity index (χ3n) is 12.6. The summed E-state index contributed by atoms with van der Waals surface area (Å²) in [5.41, 5.74) is 6.35. The van der Waals surface area contributed by atoms with Gasteiger partial charge >= 0.3 is 24.2 Å². The van der Waals surface area contributed by atoms with Crippen molar-refractivity contribution in [3.63, 3.8) is 0 Å². The molecule has 0 aromatic heterocycles. The standard InChI is InChI=1S/C29H37ClN2O7.C28H35ClN2O7.C2H6.CH4.ClH/c1-19(37-28(35)38-25-8-6-5-7-24(25)31-4)36-27(34)29(2,3)39-23-15-9-20(10-16-23)17-18-32-26(33)21-11-13-22(30)14-12-21;1-18(36-27(34)37-24-7-5-4-6-23(24)30)35-26(33)28(2,3)38-22-14-8-19(9-15-22)16-17-31-25(32)20-10-12-21(29)13-11-20;1-2;;/h9-16,19,24-25,31H,5-8,17-18H2,1-4H3,(H,32,33);8-15,18,23-24H,4-7,16-17,30H2,1-3H3,(H,31,32);1-2H3;1H4;1H/t19?,24-,25?;18?,23-,24?;;;/m11.../s1/i;;1D;1T;. The highest BCUT2D eigenvalue weighted by Gasteiger charge is 2.36. The Labute approximate surface area is 496 Å². The lowest BCUT2D eigenvalue weighted by molar-refractivity contribution is -0.185. The third-order valence-corrected chi connectivity index (χ3v) is 13.1. The molecule has 2 aliphatic rings. The molecule has 2 amide bonds. The summed E-state index contributed by atoms with van der Waals surface area (Å²) in [6.45, 7) is 12.3. The van der Waals surface area contributed by atoms with E-state index in [0.29, 0.717) is 71.9 Å². The molecule has 0 radical (unpaired) electrons. The average molecular weight is 1190 g/mol. The lowest BCUT2D eigenvalue weighted by atomic mass is 9.93. The fraction of sp³-hybridized carbons (Fsp3) is 0.500. The number of ether oxygens (including phenoxy) is 8. The fourth-order valence-electron chi connectivity index (χ4n) is 8.22. The molecule has 6 atom stereocenters. The van der Waals surface area contributed by atoms with Crippen LogP contribution in [0.5, 0.6) is 11.5 Å². The van der Waals surface area contributed by atoms with Crippen molar-refractivity contribution in [1.82, 2.24) is 16.0 Å². The largest absolute Gasteiger partial charge is 0.511 e. The first-order valence-electron chi connectivity index (χ1n) is 28.2. The van der Waals surface area contributed by atoms with E-state index in [0.717, 1.165) is 56.1 Å². The normalized spacial score (nSPS) is 17.5. The number of benzene rings is 4. The van der Waals surface area contributed by atoms with E-state index in [-0.39, 0.29) is 42.4 Å². The second-order valence-electron chi connectivity index (χ2n) is 19.7. The Bertz CT molecular complexity index is 2580. The SMILES string of the molecule is CC(OC(=O)OC1CCCC[C@H]1N)OC(=O)C(C)(C)Oc1ccc(CCNC(=O)c2ccc(Cl)cc2)cc1.CN[C@@H]1CCCCC1OC(=O)OC(C)OC(=O)C(C)(C)Oc1ccc(CCNC(=O)c2ccc(Cl)cc2)cc1.Cl.[2H]CC.[3H]C. The Morgan fingerprint density at radius 1 is 0.617 bits per heavy atom. The highest BCUT2D eigenvalue weighted by molar-refractivity contribution is 6.31. The number of hydrogen-bond acceptors (Lipinski definition) is 16. The molecule has 6 rings (SSSR count). The number of amides is 2. The van der Waals surface area contributed by atoms with Crippen molar-refractivity contribution >= 4 is 71.7 Å². The quantitative estimate of drug-likeness (QED) is 0.0345. The van der Waals surface area contributed by atoms with Crippen LogP contribution in [-0.4, -0.2) is 104 Å². The number of likely N-dealkylation sites (N-methyl/N-ethyl adjacent to an activating group) is 1. The second-order valence-corrected chi connectivity index (χ2v) is 20.5. The van der Waals surface area contributed by atoms with Gasteiger partial charge in [-0.15, -0.1) is 12.4 Å². The molecule has 4 aromatic carbocycles. The number of nitrogens with one attached hydrogen (secondary N) is 3. The van der Waals surface area contributed by atoms with Gasteiger partial charge in [0.2, 0.25) is 12.6 Å². The third kappa shape index (κ3) is 24.8. The number of carbonyl (C=O) groups excluding carboxylic acids is 6. The van der Waals surface area contributed by atoms with Crippen LogP contribution in [0.4, 0.5) is 9.59 Å². The number of nitrogens with two attached hydrogens (primary N) is 1. The maximum absolute atomic E-state index is 12.7. The highest BCUT2D eigenvalue weighted by Crippen LogP contribution is 2.26. The van der Waals surface area contributed by atoms with Gasteiger partial charge in [-0.25, -0.2) is 19.2 Å². The number of carbonyl (C=O) groups is 6. The molecule has 2 aliphatic carbocycles. The minimum absolute atomic E-state index is 0. The molecular weight excluding hydrogens is 1110 g/mol. The van der Waals surface area contributed by atoms with Crippen LogP contribution >= 0.6 is 35.6 Å². The molecule has 18 nitrogen and oxygen atoms in total. The molecule has 0 bridgehead atoms. The zero-order valence-corrected chi connectivity index (χ0v) is 50.2. The van der Waals surface area contributed by atoms with E-state index in [1.54, 1.807) is 107 Å². The van der Waals surface area contributed by atoms with Gasteiger partial charge in [0.25, 0.3) is 11.8 Å². The molecular formula is C60H83Cl3N4O14. The summed E-state index contributed by atoms with van der Waals surface area (Å²) in [4.78, 5) is 74.1. The van der Waals surface area contributed by atoms with Crippen LogP contribution in [0.15, 0.2) is 97.1 Å². The minimum Gasteiger partial charge on any atom is -0.476 e. The van der Waals surface area contributed by atoms with Crippen LogP contribution in [0, 0.1) is 0 Å². The summed E-state index contributed by atoms with van der Waals surface area (Å²) in [5.74, 6) is -0.821. The van der Waals surface area contributed by atoms with Crippen LogP contribution in [-0.2, 0) is 50.9 Å². The van der Waals surface area contributed by atoms with Gasteiger partial charge < -0.3 is 59.6 Å². The van der Waals surface area contributed by atoms with Gasteiger partial charge in [0, 0.05) is 62.9 Å². The first kappa shape index (κ1) is 67.2. The van der Waals surface area contributed by atoms with Gasteiger partial charge in [0.15, 0.2) is 11.2 Å². The number of esters is 2. The predicted molar refractivity (Wildman–Crippen MR) is 314 cm³/mol. The maximum Gasteiger partial charge on any atom is 0.511 e. The van der Waals surface area contributed by atoms with Crippen LogP contribution in [0.3, 0.4) is 0 Å². The Kier molecular flexibility index (Phi) is 29.5. The molecule has 4 unspecified atom stereocenters. The molecule has 21 heteroatoms. The van der Waals surface area contributed by atoms with Crippen LogP contribution in [0.2, 0.25) is 10.0 Å². The molecule has 2 saturated carbocycles. The van der Waals surface area contributed by atoms with Gasteiger partial charge in [0.05, 0.1) is 0 Å². The molecule has 0 saturated heterocycles. The van der Waals surface area contributed by atoms with Crippen LogP contribution in [0.1, 0.15) is 149 Å². The van der Waals surface area contributed by atoms with E-state index in [1.807, 2.05) is 31.3 Å². The second kappa shape index (κ2) is 35.5. The number of rotatable bonds is 21. The van der Waals surface area contributed by atoms with Gasteiger partial charge in [-0.1, -0.05) is 81.5 Å². The van der Waals surface area contributed by atoms with Crippen molar-refractivity contribution in [2.24, 2.45) is 5.73 Å². The summed E-state index contributed by atoms with van der Waals surface area (Å²) in [5, 5.41) is 10.0. The van der Waals surface area contributed by atoms with Gasteiger partial charge in [-0.05, 0) is 170 Å². The molecule has 0 aliphatic heterocycles. The van der Waals surface area contributed by atoms with Crippen molar-refractivity contribution in [2.45, 2.75) is 175 Å². The summed E-state index contributed by atoms with van der Waals surface area (Å²) in [6.07, 6.45) is 3.59. The van der Waals surface area contributed by atoms with Crippen molar-refractivity contribution < 1.29 is 69.4 Å². The zero-order chi connectivity index (χ0) is 60.8. The molecule has 4 aromatic rings. The molecule has 0 spiro atoms. The van der Waals surface area contributed by atoms with E-state index >= 15 is 0 Å². The van der Waals surface area contributed by atoms with E-state index in [4.69, 9.17) is 69.6 Å². The molecule has 81 heavy (non-hydrogen) atoms. The Balaban J connectivity index is 0.000000520. The maximum atomic E-state index is 12.7. The lowest BCUT2D eigenvalue weighted by Gasteiger charge is -2.31. The summed E-state index contributed by atoms with van der Waals surface area (Å²) in [6, 6.07) is 27.6. The van der Waals surface area contributed by atoms with Crippen molar-refractivity contribution in [2.75, 3.05) is 20.1 Å². The summed E-state index contributed by atoms with van der Waals surface area (Å²) >= 11 is 11.7. The fourth-order valence-corrected chi connectivity index (χ4v) is 8.47. The van der Waals surface area contributed by atoms with E-state index < -0.39 is 54.1 Å². The molecule has 5 N–H and O–H groups in total. The Morgan fingerprint density at radius 2 is 0.975 bits per heavy atom. The van der Waals surface area contributed by atoms with Crippen LogP contribution in [0.25, 0.3) is 0 Å². The number of hydrogen-bond donors (Lipinski definition) is 4. The van der Waals surface area contributed by atoms with Crippen LogP contribution < -0.4 is 31.2 Å². The molecule has 448 valence electrons.